The van der Waals surface area contributed by atoms with Crippen LogP contribution in [0.4, 0.5) is 14.9 Å². The van der Waals surface area contributed by atoms with Crippen LogP contribution < -0.4 is 4.74 Å². The second kappa shape index (κ2) is 9.39. The van der Waals surface area contributed by atoms with Gasteiger partial charge in [0.25, 0.3) is 16.8 Å². The third-order valence-electron chi connectivity index (χ3n) is 4.55. The Morgan fingerprint density at radius 1 is 1.15 bits per heavy atom. The van der Waals surface area contributed by atoms with Crippen molar-refractivity contribution in [3.05, 3.63) is 97.8 Å². The Morgan fingerprint density at radius 2 is 1.91 bits per heavy atom. The molecule has 0 radical (unpaired) electrons. The van der Waals surface area contributed by atoms with E-state index in [0.717, 1.165) is 28.9 Å². The molecule has 1 saturated heterocycles. The third-order valence-corrected chi connectivity index (χ3v) is 5.81. The normalized spacial score (nSPS) is 14.7. The first-order valence-corrected chi connectivity index (χ1v) is 10.6. The van der Waals surface area contributed by atoms with Gasteiger partial charge in [-0.2, -0.15) is 0 Å². The number of halogens is 2. The number of carbonyl (C=O) groups excluding carboxylic acids is 2. The molecule has 0 atom stereocenters. The Balaban J connectivity index is 1.44. The Morgan fingerprint density at radius 3 is 2.55 bits per heavy atom. The predicted octanol–water partition coefficient (Wildman–Crippen LogP) is 5.81. The van der Waals surface area contributed by atoms with Crippen LogP contribution in [0.15, 0.2) is 65.7 Å². The molecule has 0 saturated carbocycles. The van der Waals surface area contributed by atoms with Gasteiger partial charge in [0.05, 0.1) is 16.4 Å². The first-order chi connectivity index (χ1) is 15.8. The van der Waals surface area contributed by atoms with Crippen LogP contribution in [0, 0.1) is 15.9 Å². The maximum atomic E-state index is 13.2. The van der Waals surface area contributed by atoms with Gasteiger partial charge in [-0.1, -0.05) is 29.8 Å². The van der Waals surface area contributed by atoms with Gasteiger partial charge in [0, 0.05) is 17.2 Å². The number of hydrogen-bond acceptors (Lipinski definition) is 7. The summed E-state index contributed by atoms with van der Waals surface area (Å²) in [6.07, 6.45) is 2.67. The molecule has 0 aliphatic carbocycles. The van der Waals surface area contributed by atoms with Crippen LogP contribution >= 0.6 is 23.4 Å². The Kier molecular flexibility index (Phi) is 6.38. The molecule has 2 aromatic carbocycles. The highest BCUT2D eigenvalue weighted by molar-refractivity contribution is 8.18. The molecule has 11 heteroatoms. The van der Waals surface area contributed by atoms with Crippen molar-refractivity contribution in [2.24, 2.45) is 0 Å². The van der Waals surface area contributed by atoms with Crippen LogP contribution in [0.1, 0.15) is 11.1 Å². The van der Waals surface area contributed by atoms with Crippen LogP contribution in [0.2, 0.25) is 5.02 Å². The first kappa shape index (κ1) is 22.4. The maximum Gasteiger partial charge on any atom is 0.293 e. The molecule has 2 amide bonds. The molecule has 3 aromatic rings. The van der Waals surface area contributed by atoms with Crippen molar-refractivity contribution in [1.29, 1.82) is 0 Å². The summed E-state index contributed by atoms with van der Waals surface area (Å²) in [5, 5.41) is 10.4. The summed E-state index contributed by atoms with van der Waals surface area (Å²) in [5.41, 5.74) is 0.973. The lowest BCUT2D eigenvalue weighted by atomic mass is 10.2. The van der Waals surface area contributed by atoms with Crippen LogP contribution in [-0.2, 0) is 11.3 Å². The molecule has 0 unspecified atom stereocenters. The van der Waals surface area contributed by atoms with Crippen LogP contribution in [0.3, 0.4) is 0 Å². The van der Waals surface area contributed by atoms with E-state index in [2.05, 4.69) is 4.98 Å². The van der Waals surface area contributed by atoms with Gasteiger partial charge in [-0.25, -0.2) is 9.37 Å². The summed E-state index contributed by atoms with van der Waals surface area (Å²) in [6, 6.07) is 13.1. The average Bonchev–Trinajstić information content (AvgIpc) is 3.04. The summed E-state index contributed by atoms with van der Waals surface area (Å²) in [7, 11) is 0. The molecule has 0 bridgehead atoms. The van der Waals surface area contributed by atoms with Gasteiger partial charge < -0.3 is 4.74 Å². The van der Waals surface area contributed by atoms with Crippen LogP contribution in [0.5, 0.6) is 11.6 Å². The summed E-state index contributed by atoms with van der Waals surface area (Å²) < 4.78 is 18.8. The minimum absolute atomic E-state index is 0.0594. The van der Waals surface area contributed by atoms with Crippen molar-refractivity contribution in [1.82, 2.24) is 9.88 Å². The number of rotatable bonds is 6. The molecule has 2 heterocycles. The molecular formula is C22H13ClFN3O5S. The topological polar surface area (TPSA) is 103 Å². The average molecular weight is 486 g/mol. The number of ether oxygens (including phenoxy) is 1. The monoisotopic (exact) mass is 485 g/mol. The van der Waals surface area contributed by atoms with Crippen molar-refractivity contribution < 1.29 is 23.6 Å². The minimum Gasteiger partial charge on any atom is -0.439 e. The zero-order valence-electron chi connectivity index (χ0n) is 16.6. The quantitative estimate of drug-likeness (QED) is 0.246. The molecular weight excluding hydrogens is 473 g/mol. The van der Waals surface area contributed by atoms with Gasteiger partial charge in [0.1, 0.15) is 17.8 Å². The van der Waals surface area contributed by atoms with Gasteiger partial charge >= 0.3 is 0 Å². The smallest absolute Gasteiger partial charge is 0.293 e. The fourth-order valence-electron chi connectivity index (χ4n) is 2.90. The van der Waals surface area contributed by atoms with Gasteiger partial charge in [-0.15, -0.1) is 0 Å². The van der Waals surface area contributed by atoms with E-state index in [4.69, 9.17) is 16.3 Å². The number of nitro groups is 1. The molecule has 33 heavy (non-hydrogen) atoms. The van der Waals surface area contributed by atoms with E-state index in [1.807, 2.05) is 0 Å². The fourth-order valence-corrected chi connectivity index (χ4v) is 3.97. The molecule has 166 valence electrons. The van der Waals surface area contributed by atoms with Crippen molar-refractivity contribution in [3.63, 3.8) is 0 Å². The molecule has 1 aliphatic heterocycles. The highest BCUT2D eigenvalue weighted by atomic mass is 35.5. The Hall–Kier alpha value is -3.76. The van der Waals surface area contributed by atoms with E-state index < -0.39 is 21.9 Å². The summed E-state index contributed by atoms with van der Waals surface area (Å²) >= 11 is 6.81. The number of amides is 2. The first-order valence-electron chi connectivity index (χ1n) is 9.38. The second-order valence-electron chi connectivity index (χ2n) is 6.79. The fraction of sp³-hybridized carbons (Fsp3) is 0.0455. The van der Waals surface area contributed by atoms with Gasteiger partial charge in [0.15, 0.2) is 0 Å². The van der Waals surface area contributed by atoms with Crippen molar-refractivity contribution >= 4 is 46.3 Å². The van der Waals surface area contributed by atoms with E-state index in [1.165, 1.54) is 24.3 Å². The van der Waals surface area contributed by atoms with E-state index in [1.54, 1.807) is 30.3 Å². The van der Waals surface area contributed by atoms with Crippen molar-refractivity contribution in [3.8, 4) is 11.6 Å². The van der Waals surface area contributed by atoms with Gasteiger partial charge in [0.2, 0.25) is 5.88 Å². The predicted molar refractivity (Wildman–Crippen MR) is 120 cm³/mol. The lowest BCUT2D eigenvalue weighted by molar-refractivity contribution is -0.385. The van der Waals surface area contributed by atoms with E-state index in [0.29, 0.717) is 16.9 Å². The molecule has 0 spiro atoms. The Labute approximate surface area is 195 Å². The number of benzene rings is 2. The molecule has 1 fully saturated rings. The van der Waals surface area contributed by atoms with Crippen molar-refractivity contribution in [2.75, 3.05) is 0 Å². The van der Waals surface area contributed by atoms with E-state index in [-0.39, 0.29) is 28.0 Å². The van der Waals surface area contributed by atoms with E-state index in [9.17, 15) is 24.1 Å². The SMILES string of the molecule is O=C1S/C(=C\c2ccc(Oc3ccc([N+](=O)[O-])cn3)cc2)C(=O)N1Cc1ccc(F)cc1Cl. The molecule has 1 aromatic heterocycles. The number of nitrogens with zero attached hydrogens (tertiary/aromatic N) is 3. The summed E-state index contributed by atoms with van der Waals surface area (Å²) in [6.45, 7) is -0.0594. The molecule has 8 nitrogen and oxygen atoms in total. The highest BCUT2D eigenvalue weighted by Gasteiger charge is 2.35. The highest BCUT2D eigenvalue weighted by Crippen LogP contribution is 2.34. The molecule has 1 aliphatic rings. The zero-order chi connectivity index (χ0) is 23.5. The third kappa shape index (κ3) is 5.18. The number of aromatic nitrogens is 1. The lowest BCUT2D eigenvalue weighted by Crippen LogP contribution is -2.27. The number of thioether (sulfide) groups is 1. The molecule has 0 N–H and O–H groups in total. The number of hydrogen-bond donors (Lipinski definition) is 0. The lowest BCUT2D eigenvalue weighted by Gasteiger charge is -2.13. The maximum absolute atomic E-state index is 13.2. The minimum atomic E-state index is -0.554. The zero-order valence-corrected chi connectivity index (χ0v) is 18.2. The van der Waals surface area contributed by atoms with E-state index >= 15 is 0 Å². The van der Waals surface area contributed by atoms with Gasteiger partial charge in [-0.05, 0) is 53.2 Å². The standard InChI is InChI=1S/C22H13ClFN3O5S/c23-18-10-15(24)4-3-14(18)12-26-21(28)19(33-22(26)29)9-13-1-6-17(7-2-13)32-20-8-5-16(11-25-20)27(30)31/h1-11H,12H2/b19-9-. The van der Waals surface area contributed by atoms with Crippen LogP contribution in [0.25, 0.3) is 6.08 Å². The van der Waals surface area contributed by atoms with Crippen molar-refractivity contribution in [2.45, 2.75) is 6.54 Å². The Bertz CT molecular complexity index is 1280. The van der Waals surface area contributed by atoms with Crippen LogP contribution in [-0.4, -0.2) is 26.0 Å². The number of imide groups is 1. The largest absolute Gasteiger partial charge is 0.439 e. The summed E-state index contributed by atoms with van der Waals surface area (Å²) in [5.74, 6) is -0.350. The van der Waals surface area contributed by atoms with Gasteiger partial charge in [-0.3, -0.25) is 24.6 Å². The number of pyridine rings is 1. The number of carbonyl (C=O) groups is 2. The second-order valence-corrected chi connectivity index (χ2v) is 8.19. The molecule has 4 rings (SSSR count). The summed E-state index contributed by atoms with van der Waals surface area (Å²) in [4.78, 5) is 40.3.